The zero-order valence-electron chi connectivity index (χ0n) is 13.9. The number of benzene rings is 1. The molecule has 2 heteroatoms. The van der Waals surface area contributed by atoms with Crippen molar-refractivity contribution < 1.29 is 4.42 Å². The topological polar surface area (TPSA) is 25.2 Å². The lowest BCUT2D eigenvalue weighted by atomic mass is 9.87. The van der Waals surface area contributed by atoms with Crippen LogP contribution in [0.5, 0.6) is 0 Å². The Bertz CT molecular complexity index is 572. The SMILES string of the molecule is CCc1cc(CC)c(C(NC)c2coc(C)c2)c(CC)c1. The maximum Gasteiger partial charge on any atom is 0.101 e. The summed E-state index contributed by atoms with van der Waals surface area (Å²) in [6, 6.07) is 7.07. The van der Waals surface area contributed by atoms with Gasteiger partial charge in [0, 0.05) is 5.56 Å². The minimum atomic E-state index is 0.207. The smallest absolute Gasteiger partial charge is 0.101 e. The lowest BCUT2D eigenvalue weighted by molar-refractivity contribution is 0.527. The van der Waals surface area contributed by atoms with Crippen molar-refractivity contribution in [1.29, 1.82) is 0 Å². The Kier molecular flexibility index (Phi) is 5.24. The average molecular weight is 285 g/mol. The second-order valence-corrected chi connectivity index (χ2v) is 5.60. The van der Waals surface area contributed by atoms with Crippen LogP contribution < -0.4 is 5.32 Å². The van der Waals surface area contributed by atoms with Gasteiger partial charge in [0.15, 0.2) is 0 Å². The molecule has 0 saturated carbocycles. The molecule has 0 aliphatic rings. The molecule has 1 aromatic heterocycles. The first-order valence-electron chi connectivity index (χ1n) is 8.01. The lowest BCUT2D eigenvalue weighted by Gasteiger charge is -2.23. The van der Waals surface area contributed by atoms with E-state index in [9.17, 15) is 0 Å². The number of hydrogen-bond donors (Lipinski definition) is 1. The number of aryl methyl sites for hydroxylation is 4. The summed E-state index contributed by atoms with van der Waals surface area (Å²) in [5.74, 6) is 0.964. The predicted molar refractivity (Wildman–Crippen MR) is 88.9 cm³/mol. The summed E-state index contributed by atoms with van der Waals surface area (Å²) in [6.45, 7) is 8.71. The highest BCUT2D eigenvalue weighted by atomic mass is 16.3. The zero-order chi connectivity index (χ0) is 15.4. The van der Waals surface area contributed by atoms with Crippen LogP contribution in [0.2, 0.25) is 0 Å². The fourth-order valence-electron chi connectivity index (χ4n) is 3.10. The third-order valence-electron chi connectivity index (χ3n) is 4.24. The Morgan fingerprint density at radius 3 is 2.00 bits per heavy atom. The van der Waals surface area contributed by atoms with Crippen LogP contribution in [0.3, 0.4) is 0 Å². The highest BCUT2D eigenvalue weighted by Crippen LogP contribution is 2.31. The van der Waals surface area contributed by atoms with Crippen LogP contribution in [-0.2, 0) is 19.3 Å². The molecule has 0 spiro atoms. The molecule has 1 unspecified atom stereocenters. The fraction of sp³-hybridized carbons (Fsp3) is 0.474. The highest BCUT2D eigenvalue weighted by Gasteiger charge is 2.20. The second-order valence-electron chi connectivity index (χ2n) is 5.60. The van der Waals surface area contributed by atoms with E-state index in [0.717, 1.165) is 25.0 Å². The molecule has 0 amide bonds. The molecule has 0 saturated heterocycles. The van der Waals surface area contributed by atoms with Gasteiger partial charge in [0.05, 0.1) is 12.3 Å². The van der Waals surface area contributed by atoms with E-state index in [2.05, 4.69) is 44.3 Å². The van der Waals surface area contributed by atoms with Crippen molar-refractivity contribution in [1.82, 2.24) is 5.32 Å². The molecule has 21 heavy (non-hydrogen) atoms. The molecule has 1 heterocycles. The van der Waals surface area contributed by atoms with Crippen LogP contribution in [-0.4, -0.2) is 7.05 Å². The molecule has 1 N–H and O–H groups in total. The molecule has 1 atom stereocenters. The van der Waals surface area contributed by atoms with E-state index in [1.54, 1.807) is 0 Å². The molecule has 0 fully saturated rings. The van der Waals surface area contributed by atoms with Crippen LogP contribution in [0.4, 0.5) is 0 Å². The predicted octanol–water partition coefficient (Wildman–Crippen LogP) is 4.58. The van der Waals surface area contributed by atoms with E-state index in [4.69, 9.17) is 4.42 Å². The molecule has 2 nitrogen and oxygen atoms in total. The zero-order valence-corrected chi connectivity index (χ0v) is 13.9. The first kappa shape index (κ1) is 15.8. The summed E-state index contributed by atoms with van der Waals surface area (Å²) < 4.78 is 5.52. The Hall–Kier alpha value is -1.54. The van der Waals surface area contributed by atoms with Gasteiger partial charge in [-0.2, -0.15) is 0 Å². The summed E-state index contributed by atoms with van der Waals surface area (Å²) in [5, 5.41) is 3.47. The largest absolute Gasteiger partial charge is 0.469 e. The van der Waals surface area contributed by atoms with Crippen molar-refractivity contribution in [2.45, 2.75) is 53.0 Å². The first-order valence-corrected chi connectivity index (χ1v) is 8.01. The van der Waals surface area contributed by atoms with Gasteiger partial charge < -0.3 is 9.73 Å². The second kappa shape index (κ2) is 6.95. The number of hydrogen-bond acceptors (Lipinski definition) is 2. The molecule has 0 aliphatic heterocycles. The summed E-state index contributed by atoms with van der Waals surface area (Å²) in [7, 11) is 2.03. The summed E-state index contributed by atoms with van der Waals surface area (Å²) in [5.41, 5.74) is 6.98. The van der Waals surface area contributed by atoms with Gasteiger partial charge >= 0.3 is 0 Å². The Morgan fingerprint density at radius 1 is 1.00 bits per heavy atom. The van der Waals surface area contributed by atoms with E-state index >= 15 is 0 Å². The van der Waals surface area contributed by atoms with Gasteiger partial charge in [0.25, 0.3) is 0 Å². The van der Waals surface area contributed by atoms with Gasteiger partial charge in [-0.15, -0.1) is 0 Å². The highest BCUT2D eigenvalue weighted by molar-refractivity contribution is 5.45. The van der Waals surface area contributed by atoms with Crippen molar-refractivity contribution >= 4 is 0 Å². The first-order chi connectivity index (χ1) is 10.1. The molecule has 1 aromatic carbocycles. The van der Waals surface area contributed by atoms with E-state index in [1.165, 1.54) is 27.8 Å². The molecule has 0 radical (unpaired) electrons. The molecule has 0 bridgehead atoms. The Labute approximate surface area is 128 Å². The standard InChI is InChI=1S/C19H27NO/c1-6-14-10-15(7-2)18(16(8-3)11-14)19(20-5)17-9-13(4)21-12-17/h9-12,19-20H,6-8H2,1-5H3. The van der Waals surface area contributed by atoms with Crippen LogP contribution >= 0.6 is 0 Å². The van der Waals surface area contributed by atoms with Crippen LogP contribution in [0.1, 0.15) is 60.4 Å². The monoisotopic (exact) mass is 285 g/mol. The Balaban J connectivity index is 2.58. The minimum Gasteiger partial charge on any atom is -0.469 e. The average Bonchev–Trinajstić information content (AvgIpc) is 2.94. The Morgan fingerprint density at radius 2 is 1.62 bits per heavy atom. The van der Waals surface area contributed by atoms with Gasteiger partial charge in [-0.1, -0.05) is 32.9 Å². The molecular weight excluding hydrogens is 258 g/mol. The van der Waals surface area contributed by atoms with Crippen molar-refractivity contribution in [3.05, 3.63) is 58.0 Å². The third kappa shape index (κ3) is 3.21. The normalized spacial score (nSPS) is 12.6. The lowest BCUT2D eigenvalue weighted by Crippen LogP contribution is -2.20. The van der Waals surface area contributed by atoms with E-state index < -0.39 is 0 Å². The quantitative estimate of drug-likeness (QED) is 0.840. The van der Waals surface area contributed by atoms with Crippen LogP contribution in [0.15, 0.2) is 28.9 Å². The maximum absolute atomic E-state index is 5.52. The van der Waals surface area contributed by atoms with Gasteiger partial charge in [-0.25, -0.2) is 0 Å². The number of rotatable bonds is 6. The minimum absolute atomic E-state index is 0.207. The number of furan rings is 1. The van der Waals surface area contributed by atoms with Gasteiger partial charge in [0.1, 0.15) is 5.76 Å². The van der Waals surface area contributed by atoms with Crippen molar-refractivity contribution in [3.8, 4) is 0 Å². The van der Waals surface area contributed by atoms with E-state index in [0.29, 0.717) is 0 Å². The molecule has 2 aromatic rings. The molecule has 114 valence electrons. The maximum atomic E-state index is 5.52. The molecular formula is C19H27NO. The van der Waals surface area contributed by atoms with Crippen LogP contribution in [0.25, 0.3) is 0 Å². The third-order valence-corrected chi connectivity index (χ3v) is 4.24. The van der Waals surface area contributed by atoms with Crippen molar-refractivity contribution in [3.63, 3.8) is 0 Å². The van der Waals surface area contributed by atoms with Gasteiger partial charge in [-0.05, 0) is 61.6 Å². The summed E-state index contributed by atoms with van der Waals surface area (Å²) in [6.07, 6.45) is 5.09. The summed E-state index contributed by atoms with van der Waals surface area (Å²) in [4.78, 5) is 0. The van der Waals surface area contributed by atoms with E-state index in [1.807, 2.05) is 20.2 Å². The van der Waals surface area contributed by atoms with Crippen LogP contribution in [0, 0.1) is 6.92 Å². The number of nitrogens with one attached hydrogen (secondary N) is 1. The van der Waals surface area contributed by atoms with Gasteiger partial charge in [-0.3, -0.25) is 0 Å². The molecule has 0 aliphatic carbocycles. The summed E-state index contributed by atoms with van der Waals surface area (Å²) >= 11 is 0. The van der Waals surface area contributed by atoms with Gasteiger partial charge in [0.2, 0.25) is 0 Å². The van der Waals surface area contributed by atoms with Crippen molar-refractivity contribution in [2.75, 3.05) is 7.05 Å². The van der Waals surface area contributed by atoms with Crippen molar-refractivity contribution in [2.24, 2.45) is 0 Å². The molecule has 2 rings (SSSR count). The van der Waals surface area contributed by atoms with E-state index in [-0.39, 0.29) is 6.04 Å². The fourth-order valence-corrected chi connectivity index (χ4v) is 3.10.